The number of aliphatic imine (C=N–C) groups is 1. The number of carbonyl (C=O) groups is 1. The number of hydrogen-bond acceptors (Lipinski definition) is 6. The molecule has 3 rings (SSSR count). The summed E-state index contributed by atoms with van der Waals surface area (Å²) in [5.41, 5.74) is 0. The SMILES string of the molecule is Cc1ccc(C(CNC(=NCC(=O)N(C)C)NCc2cccs2)N2CCOCC2)s1.I. The van der Waals surface area contributed by atoms with Crippen molar-refractivity contribution in [3.05, 3.63) is 44.3 Å². The molecule has 2 aromatic rings. The van der Waals surface area contributed by atoms with E-state index in [0.717, 1.165) is 26.3 Å². The quantitative estimate of drug-likeness (QED) is 0.287. The van der Waals surface area contributed by atoms with Crippen molar-refractivity contribution >= 4 is 58.5 Å². The Labute approximate surface area is 209 Å². The van der Waals surface area contributed by atoms with Gasteiger partial charge >= 0.3 is 0 Å². The van der Waals surface area contributed by atoms with Crippen molar-refractivity contribution in [3.8, 4) is 0 Å². The second-order valence-electron chi connectivity index (χ2n) is 7.38. The number of likely N-dealkylation sites (N-methyl/N-ethyl adjacent to an activating group) is 1. The molecule has 7 nitrogen and oxygen atoms in total. The summed E-state index contributed by atoms with van der Waals surface area (Å²) in [5, 5.41) is 8.91. The number of rotatable bonds is 8. The van der Waals surface area contributed by atoms with Crippen molar-refractivity contribution in [2.45, 2.75) is 19.5 Å². The lowest BCUT2D eigenvalue weighted by atomic mass is 10.2. The van der Waals surface area contributed by atoms with Crippen molar-refractivity contribution in [3.63, 3.8) is 0 Å². The minimum atomic E-state index is -0.0224. The van der Waals surface area contributed by atoms with Crippen LogP contribution < -0.4 is 10.6 Å². The molecule has 31 heavy (non-hydrogen) atoms. The molecule has 1 amide bonds. The lowest BCUT2D eigenvalue weighted by Gasteiger charge is -2.34. The summed E-state index contributed by atoms with van der Waals surface area (Å²) in [6.45, 7) is 7.00. The molecule has 0 saturated carbocycles. The van der Waals surface area contributed by atoms with Crippen LogP contribution in [0.3, 0.4) is 0 Å². The fourth-order valence-corrected chi connectivity index (χ4v) is 4.83. The normalized spacial score (nSPS) is 15.8. The predicted molar refractivity (Wildman–Crippen MR) is 140 cm³/mol. The molecule has 0 aromatic carbocycles. The largest absolute Gasteiger partial charge is 0.379 e. The van der Waals surface area contributed by atoms with E-state index in [1.165, 1.54) is 14.6 Å². The highest BCUT2D eigenvalue weighted by Gasteiger charge is 2.24. The summed E-state index contributed by atoms with van der Waals surface area (Å²) < 4.78 is 5.55. The third kappa shape index (κ3) is 8.33. The van der Waals surface area contributed by atoms with Crippen LogP contribution >= 0.6 is 46.7 Å². The first-order chi connectivity index (χ1) is 14.5. The van der Waals surface area contributed by atoms with Crippen LogP contribution in [0.4, 0.5) is 0 Å². The monoisotopic (exact) mass is 577 g/mol. The smallest absolute Gasteiger partial charge is 0.243 e. The number of amides is 1. The summed E-state index contributed by atoms with van der Waals surface area (Å²) in [6, 6.07) is 8.76. The Bertz CT molecular complexity index is 820. The number of morpholine rings is 1. The van der Waals surface area contributed by atoms with Gasteiger partial charge in [0.1, 0.15) is 6.54 Å². The van der Waals surface area contributed by atoms with Gasteiger partial charge in [-0.15, -0.1) is 46.7 Å². The van der Waals surface area contributed by atoms with E-state index in [0.29, 0.717) is 19.0 Å². The number of hydrogen-bond donors (Lipinski definition) is 2. The second-order valence-corrected chi connectivity index (χ2v) is 9.73. The minimum Gasteiger partial charge on any atom is -0.379 e. The van der Waals surface area contributed by atoms with Gasteiger partial charge in [-0.25, -0.2) is 4.99 Å². The minimum absolute atomic E-state index is 0. The van der Waals surface area contributed by atoms with Gasteiger partial charge in [-0.2, -0.15) is 0 Å². The average Bonchev–Trinajstić information content (AvgIpc) is 3.42. The Balaban J connectivity index is 0.00000341. The van der Waals surface area contributed by atoms with Crippen molar-refractivity contribution in [2.75, 3.05) is 53.5 Å². The maximum absolute atomic E-state index is 12.0. The number of guanidine groups is 1. The van der Waals surface area contributed by atoms with Crippen LogP contribution in [-0.4, -0.2) is 75.2 Å². The van der Waals surface area contributed by atoms with E-state index < -0.39 is 0 Å². The molecule has 1 aliphatic heterocycles. The lowest BCUT2D eigenvalue weighted by Crippen LogP contribution is -2.46. The third-order valence-corrected chi connectivity index (χ3v) is 6.90. The van der Waals surface area contributed by atoms with E-state index in [1.807, 2.05) is 17.4 Å². The summed E-state index contributed by atoms with van der Waals surface area (Å²) in [6.07, 6.45) is 0. The Morgan fingerprint density at radius 3 is 2.65 bits per heavy atom. The first kappa shape index (κ1) is 26.0. The molecular formula is C21H32IN5O2S2. The van der Waals surface area contributed by atoms with Crippen LogP contribution in [0.25, 0.3) is 0 Å². The van der Waals surface area contributed by atoms with Gasteiger partial charge < -0.3 is 20.3 Å². The maximum Gasteiger partial charge on any atom is 0.243 e. The van der Waals surface area contributed by atoms with Crippen LogP contribution in [0, 0.1) is 6.92 Å². The average molecular weight is 578 g/mol. The predicted octanol–water partition coefficient (Wildman–Crippen LogP) is 2.93. The number of nitrogens with zero attached hydrogens (tertiary/aromatic N) is 3. The second kappa shape index (κ2) is 13.4. The molecular weight excluding hydrogens is 545 g/mol. The van der Waals surface area contributed by atoms with E-state index in [4.69, 9.17) is 4.74 Å². The molecule has 2 aromatic heterocycles. The molecule has 2 N–H and O–H groups in total. The van der Waals surface area contributed by atoms with Gasteiger partial charge in [-0.1, -0.05) is 6.07 Å². The van der Waals surface area contributed by atoms with Gasteiger partial charge in [-0.05, 0) is 30.5 Å². The highest BCUT2D eigenvalue weighted by atomic mass is 127. The highest BCUT2D eigenvalue weighted by Crippen LogP contribution is 2.27. The van der Waals surface area contributed by atoms with E-state index in [-0.39, 0.29) is 42.5 Å². The zero-order valence-electron chi connectivity index (χ0n) is 18.3. The van der Waals surface area contributed by atoms with Crippen molar-refractivity contribution in [1.82, 2.24) is 20.4 Å². The molecule has 1 fully saturated rings. The number of nitrogens with one attached hydrogen (secondary N) is 2. The highest BCUT2D eigenvalue weighted by molar-refractivity contribution is 14.0. The molecule has 0 spiro atoms. The summed E-state index contributed by atoms with van der Waals surface area (Å²) in [4.78, 5) is 24.5. The van der Waals surface area contributed by atoms with Crippen molar-refractivity contribution < 1.29 is 9.53 Å². The fourth-order valence-electron chi connectivity index (χ4n) is 3.17. The van der Waals surface area contributed by atoms with Crippen LogP contribution in [0.5, 0.6) is 0 Å². The zero-order valence-corrected chi connectivity index (χ0v) is 22.3. The summed E-state index contributed by atoms with van der Waals surface area (Å²) >= 11 is 3.53. The number of carbonyl (C=O) groups excluding carboxylic acids is 1. The van der Waals surface area contributed by atoms with E-state index in [2.05, 4.69) is 51.0 Å². The van der Waals surface area contributed by atoms with Crippen LogP contribution in [0.15, 0.2) is 34.6 Å². The van der Waals surface area contributed by atoms with Gasteiger partial charge in [0.2, 0.25) is 5.91 Å². The summed E-state index contributed by atoms with van der Waals surface area (Å²) in [7, 11) is 3.50. The van der Waals surface area contributed by atoms with Gasteiger partial charge in [0.25, 0.3) is 0 Å². The number of thiophene rings is 2. The van der Waals surface area contributed by atoms with Crippen LogP contribution in [0.1, 0.15) is 20.7 Å². The fraction of sp³-hybridized carbons (Fsp3) is 0.524. The first-order valence-electron chi connectivity index (χ1n) is 10.2. The Morgan fingerprint density at radius 1 is 1.26 bits per heavy atom. The first-order valence-corrected chi connectivity index (χ1v) is 11.9. The molecule has 3 heterocycles. The Kier molecular flexibility index (Phi) is 11.2. The Morgan fingerprint density at radius 2 is 2.03 bits per heavy atom. The molecule has 0 aliphatic carbocycles. The molecule has 1 aliphatic rings. The van der Waals surface area contributed by atoms with E-state index in [9.17, 15) is 4.79 Å². The molecule has 1 atom stereocenters. The van der Waals surface area contributed by atoms with E-state index >= 15 is 0 Å². The van der Waals surface area contributed by atoms with Crippen molar-refractivity contribution in [2.24, 2.45) is 4.99 Å². The number of halogens is 1. The van der Waals surface area contributed by atoms with Gasteiger partial charge in [0, 0.05) is 48.4 Å². The van der Waals surface area contributed by atoms with Gasteiger partial charge in [0.05, 0.1) is 25.8 Å². The number of ether oxygens (including phenoxy) is 1. The number of aryl methyl sites for hydroxylation is 1. The zero-order chi connectivity index (χ0) is 21.3. The van der Waals surface area contributed by atoms with Crippen LogP contribution in [-0.2, 0) is 16.1 Å². The molecule has 172 valence electrons. The molecule has 1 unspecified atom stereocenters. The van der Waals surface area contributed by atoms with Crippen LogP contribution in [0.2, 0.25) is 0 Å². The lowest BCUT2D eigenvalue weighted by molar-refractivity contribution is -0.127. The maximum atomic E-state index is 12.0. The Hall–Kier alpha value is -1.21. The van der Waals surface area contributed by atoms with Gasteiger partial charge in [-0.3, -0.25) is 9.69 Å². The topological polar surface area (TPSA) is 69.2 Å². The summed E-state index contributed by atoms with van der Waals surface area (Å²) in [5.74, 6) is 0.635. The van der Waals surface area contributed by atoms with E-state index in [1.54, 1.807) is 30.3 Å². The van der Waals surface area contributed by atoms with Gasteiger partial charge in [0.15, 0.2) is 5.96 Å². The molecule has 0 bridgehead atoms. The molecule has 0 radical (unpaired) electrons. The third-order valence-electron chi connectivity index (χ3n) is 4.92. The standard InChI is InChI=1S/C21H31N5O2S2.HI/c1-16-6-7-19(30-16)18(26-8-10-28-11-9-26)14-23-21(24-15-20(27)25(2)3)22-13-17-5-4-12-29-17;/h4-7,12,18H,8-11,13-15H2,1-3H3,(H2,22,23,24);1H. The molecule has 1 saturated heterocycles. The van der Waals surface area contributed by atoms with Crippen molar-refractivity contribution in [1.29, 1.82) is 0 Å². The molecule has 10 heteroatoms.